The van der Waals surface area contributed by atoms with Crippen LogP contribution in [-0.2, 0) is 0 Å². The molecular weight excluding hydrogens is 300 g/mol. The highest BCUT2D eigenvalue weighted by Gasteiger charge is 2.36. The second-order valence-electron chi connectivity index (χ2n) is 7.57. The van der Waals surface area contributed by atoms with Crippen LogP contribution in [0, 0.1) is 25.7 Å². The Hall–Kier alpha value is -1.39. The van der Waals surface area contributed by atoms with Gasteiger partial charge in [-0.2, -0.15) is 0 Å². The van der Waals surface area contributed by atoms with Gasteiger partial charge in [-0.1, -0.05) is 12.5 Å². The highest BCUT2D eigenvalue weighted by molar-refractivity contribution is 5.94. The molecule has 2 heterocycles. The monoisotopic (exact) mass is 330 g/mol. The lowest BCUT2D eigenvalue weighted by Gasteiger charge is -2.30. The summed E-state index contributed by atoms with van der Waals surface area (Å²) in [5.74, 6) is 0.712. The third kappa shape index (κ3) is 3.81. The maximum absolute atomic E-state index is 12.8. The summed E-state index contributed by atoms with van der Waals surface area (Å²) in [5, 5.41) is 9.76. The molecule has 2 saturated heterocycles. The second-order valence-corrected chi connectivity index (χ2v) is 7.57. The van der Waals surface area contributed by atoms with Crippen LogP contribution in [-0.4, -0.2) is 60.1 Å². The molecule has 0 radical (unpaired) electrons. The minimum atomic E-state index is 0.109. The third-order valence-electron chi connectivity index (χ3n) is 5.79. The zero-order valence-corrected chi connectivity index (χ0v) is 15.0. The van der Waals surface area contributed by atoms with Gasteiger partial charge in [0.1, 0.15) is 0 Å². The molecule has 4 nitrogen and oxygen atoms in total. The van der Waals surface area contributed by atoms with Gasteiger partial charge in [0.05, 0.1) is 0 Å². The Kier molecular flexibility index (Phi) is 5.57. The maximum atomic E-state index is 12.8. The van der Waals surface area contributed by atoms with Crippen LogP contribution < -0.4 is 0 Å². The molecule has 0 saturated carbocycles. The average molecular weight is 330 g/mol. The maximum Gasteiger partial charge on any atom is 0.253 e. The summed E-state index contributed by atoms with van der Waals surface area (Å²) in [5.41, 5.74) is 3.14. The Morgan fingerprint density at radius 2 is 1.79 bits per heavy atom. The van der Waals surface area contributed by atoms with Gasteiger partial charge < -0.3 is 14.9 Å². The highest BCUT2D eigenvalue weighted by Crippen LogP contribution is 2.27. The molecule has 1 aromatic rings. The lowest BCUT2D eigenvalue weighted by molar-refractivity contribution is 0.0778. The molecule has 2 aliphatic heterocycles. The molecule has 0 bridgehead atoms. The van der Waals surface area contributed by atoms with Crippen molar-refractivity contribution in [2.45, 2.75) is 33.1 Å². The van der Waals surface area contributed by atoms with Gasteiger partial charge in [-0.05, 0) is 69.0 Å². The topological polar surface area (TPSA) is 43.8 Å². The van der Waals surface area contributed by atoms with Crippen molar-refractivity contribution in [1.29, 1.82) is 0 Å². The van der Waals surface area contributed by atoms with Crippen molar-refractivity contribution in [3.05, 3.63) is 34.9 Å². The first-order chi connectivity index (χ1) is 11.6. The number of carbonyl (C=O) groups is 1. The van der Waals surface area contributed by atoms with Crippen molar-refractivity contribution in [2.75, 3.05) is 39.3 Å². The van der Waals surface area contributed by atoms with E-state index in [-0.39, 0.29) is 18.4 Å². The highest BCUT2D eigenvalue weighted by atomic mass is 16.3. The first-order valence-electron chi connectivity index (χ1n) is 9.28. The van der Waals surface area contributed by atoms with E-state index in [2.05, 4.69) is 11.8 Å². The Labute approximate surface area is 145 Å². The number of aryl methyl sites for hydroxylation is 2. The number of rotatable bonds is 4. The van der Waals surface area contributed by atoms with E-state index in [1.165, 1.54) is 37.9 Å². The zero-order valence-electron chi connectivity index (χ0n) is 15.0. The number of nitrogens with zero attached hydrogens (tertiary/aromatic N) is 2. The van der Waals surface area contributed by atoms with Gasteiger partial charge in [0.25, 0.3) is 5.91 Å². The van der Waals surface area contributed by atoms with Crippen LogP contribution in [0.3, 0.4) is 0 Å². The smallest absolute Gasteiger partial charge is 0.253 e. The Bertz CT molecular complexity index is 581. The van der Waals surface area contributed by atoms with Crippen LogP contribution in [0.1, 0.15) is 40.7 Å². The Morgan fingerprint density at radius 3 is 2.46 bits per heavy atom. The van der Waals surface area contributed by atoms with Crippen molar-refractivity contribution < 1.29 is 9.90 Å². The van der Waals surface area contributed by atoms with E-state index in [0.29, 0.717) is 12.5 Å². The lowest BCUT2D eigenvalue weighted by Crippen LogP contribution is -2.37. The number of amides is 1. The fraction of sp³-hybridized carbons (Fsp3) is 0.650. The largest absolute Gasteiger partial charge is 0.396 e. The van der Waals surface area contributed by atoms with E-state index in [4.69, 9.17) is 0 Å². The predicted molar refractivity (Wildman–Crippen MR) is 96.2 cm³/mol. The molecule has 24 heavy (non-hydrogen) atoms. The van der Waals surface area contributed by atoms with E-state index >= 15 is 0 Å². The second kappa shape index (κ2) is 7.66. The van der Waals surface area contributed by atoms with Gasteiger partial charge in [0.2, 0.25) is 0 Å². The Balaban J connectivity index is 1.66. The van der Waals surface area contributed by atoms with Gasteiger partial charge in [-0.25, -0.2) is 0 Å². The van der Waals surface area contributed by atoms with E-state index in [1.807, 2.05) is 30.0 Å². The zero-order chi connectivity index (χ0) is 17.1. The fourth-order valence-electron chi connectivity index (χ4n) is 4.05. The number of hydrogen-bond donors (Lipinski definition) is 1. The van der Waals surface area contributed by atoms with Crippen LogP contribution in [0.15, 0.2) is 18.2 Å². The minimum absolute atomic E-state index is 0.109. The predicted octanol–water partition coefficient (Wildman–Crippen LogP) is 2.47. The van der Waals surface area contributed by atoms with Crippen LogP contribution in [0.5, 0.6) is 0 Å². The van der Waals surface area contributed by atoms with Crippen molar-refractivity contribution in [3.8, 4) is 0 Å². The molecule has 4 heteroatoms. The van der Waals surface area contributed by atoms with Crippen molar-refractivity contribution in [1.82, 2.24) is 9.80 Å². The van der Waals surface area contributed by atoms with Crippen molar-refractivity contribution >= 4 is 5.91 Å². The molecule has 2 fully saturated rings. The normalized spacial score (nSPS) is 25.2. The quantitative estimate of drug-likeness (QED) is 0.922. The molecule has 1 aromatic carbocycles. The summed E-state index contributed by atoms with van der Waals surface area (Å²) >= 11 is 0. The summed E-state index contributed by atoms with van der Waals surface area (Å²) in [6, 6.07) is 5.94. The number of aliphatic hydroxyl groups is 1. The molecule has 2 unspecified atom stereocenters. The van der Waals surface area contributed by atoms with E-state index in [9.17, 15) is 9.90 Å². The van der Waals surface area contributed by atoms with Crippen LogP contribution in [0.25, 0.3) is 0 Å². The molecule has 132 valence electrons. The Morgan fingerprint density at radius 1 is 1.08 bits per heavy atom. The number of likely N-dealkylation sites (tertiary alicyclic amines) is 2. The first kappa shape index (κ1) is 17.4. The minimum Gasteiger partial charge on any atom is -0.396 e. The first-order valence-corrected chi connectivity index (χ1v) is 9.28. The summed E-state index contributed by atoms with van der Waals surface area (Å²) in [4.78, 5) is 17.3. The molecule has 0 aromatic heterocycles. The van der Waals surface area contributed by atoms with Gasteiger partial charge in [-0.3, -0.25) is 4.79 Å². The molecule has 0 spiro atoms. The van der Waals surface area contributed by atoms with E-state index in [1.54, 1.807) is 0 Å². The summed E-state index contributed by atoms with van der Waals surface area (Å²) < 4.78 is 0. The van der Waals surface area contributed by atoms with Gasteiger partial charge in [0.15, 0.2) is 0 Å². The lowest BCUT2D eigenvalue weighted by atomic mass is 9.95. The standard InChI is InChI=1S/C20H30N2O2/c1-15-6-7-17(10-16(15)2)20(24)22-12-18(19(13-22)14-23)11-21-8-4-3-5-9-21/h6-7,10,18-19,23H,3-5,8-9,11-14H2,1-2H3. The van der Waals surface area contributed by atoms with Crippen LogP contribution in [0.4, 0.5) is 0 Å². The van der Waals surface area contributed by atoms with Gasteiger partial charge >= 0.3 is 0 Å². The van der Waals surface area contributed by atoms with Crippen molar-refractivity contribution in [3.63, 3.8) is 0 Å². The summed E-state index contributed by atoms with van der Waals surface area (Å²) in [7, 11) is 0. The van der Waals surface area contributed by atoms with Gasteiger partial charge in [-0.15, -0.1) is 0 Å². The number of hydrogen-bond acceptors (Lipinski definition) is 3. The molecule has 1 amide bonds. The average Bonchev–Trinajstić information content (AvgIpc) is 3.00. The summed E-state index contributed by atoms with van der Waals surface area (Å²) in [6.45, 7) is 9.09. The number of aliphatic hydroxyl groups excluding tert-OH is 1. The van der Waals surface area contributed by atoms with Crippen molar-refractivity contribution in [2.24, 2.45) is 11.8 Å². The summed E-state index contributed by atoms with van der Waals surface area (Å²) in [6.07, 6.45) is 3.89. The SMILES string of the molecule is Cc1ccc(C(=O)N2CC(CO)C(CN3CCCCC3)C2)cc1C. The number of carbonyl (C=O) groups excluding carboxylic acids is 1. The number of piperidine rings is 1. The molecular formula is C20H30N2O2. The van der Waals surface area contributed by atoms with E-state index < -0.39 is 0 Å². The van der Waals surface area contributed by atoms with E-state index in [0.717, 1.165) is 24.2 Å². The molecule has 3 rings (SSSR count). The van der Waals surface area contributed by atoms with Crippen LogP contribution >= 0.6 is 0 Å². The molecule has 1 N–H and O–H groups in total. The van der Waals surface area contributed by atoms with Crippen LogP contribution in [0.2, 0.25) is 0 Å². The molecule has 0 aliphatic carbocycles. The fourth-order valence-corrected chi connectivity index (χ4v) is 4.05. The third-order valence-corrected chi connectivity index (χ3v) is 5.79. The molecule has 2 aliphatic rings. The van der Waals surface area contributed by atoms with Gasteiger partial charge in [0, 0.05) is 37.7 Å². The molecule has 2 atom stereocenters. The number of benzene rings is 1.